The molecule has 0 fully saturated rings. The molecule has 6 nitrogen and oxygen atoms in total. The molecule has 0 aliphatic rings. The Morgan fingerprint density at radius 2 is 2.00 bits per heavy atom. The maximum atomic E-state index is 11.8. The second-order valence-corrected chi connectivity index (χ2v) is 4.95. The number of nitrogens with two attached hydrogens (primary N) is 1. The largest absolute Gasteiger partial charge is 0.396 e. The number of carbonyl (C=O) groups excluding carboxylic acids is 1. The van der Waals surface area contributed by atoms with Gasteiger partial charge in [0.2, 0.25) is 5.91 Å². The van der Waals surface area contributed by atoms with Crippen LogP contribution in [-0.4, -0.2) is 32.9 Å². The minimum absolute atomic E-state index is 0.118. The molecular formula is C13H24N4O2. The van der Waals surface area contributed by atoms with Crippen molar-refractivity contribution in [2.75, 3.05) is 12.3 Å². The van der Waals surface area contributed by atoms with E-state index in [4.69, 9.17) is 5.73 Å². The summed E-state index contributed by atoms with van der Waals surface area (Å²) in [6.45, 7) is 7.82. The summed E-state index contributed by atoms with van der Waals surface area (Å²) < 4.78 is 1.58. The molecule has 1 aromatic rings. The average molecular weight is 268 g/mol. The van der Waals surface area contributed by atoms with Gasteiger partial charge in [-0.05, 0) is 26.7 Å². The van der Waals surface area contributed by atoms with Crippen LogP contribution in [-0.2, 0) is 11.3 Å². The first-order valence-electron chi connectivity index (χ1n) is 6.61. The molecule has 1 aromatic heterocycles. The summed E-state index contributed by atoms with van der Waals surface area (Å²) in [6.07, 6.45) is 1.22. The molecule has 0 saturated heterocycles. The van der Waals surface area contributed by atoms with E-state index in [9.17, 15) is 9.90 Å². The van der Waals surface area contributed by atoms with E-state index in [0.717, 1.165) is 11.4 Å². The highest BCUT2D eigenvalue weighted by Crippen LogP contribution is 2.15. The molecule has 4 N–H and O–H groups in total. The van der Waals surface area contributed by atoms with Crippen LogP contribution in [0.25, 0.3) is 0 Å². The number of nitrogens with zero attached hydrogens (tertiary/aromatic N) is 2. The van der Waals surface area contributed by atoms with Gasteiger partial charge in [-0.25, -0.2) is 0 Å². The van der Waals surface area contributed by atoms with E-state index in [-0.39, 0.29) is 19.0 Å². The molecule has 0 atom stereocenters. The first-order valence-corrected chi connectivity index (χ1v) is 6.61. The lowest BCUT2D eigenvalue weighted by Crippen LogP contribution is -2.43. The molecule has 0 bridgehead atoms. The van der Waals surface area contributed by atoms with E-state index in [2.05, 4.69) is 10.4 Å². The monoisotopic (exact) mass is 268 g/mol. The number of hydrogen-bond acceptors (Lipinski definition) is 4. The number of hydrogen-bond donors (Lipinski definition) is 3. The Morgan fingerprint density at radius 3 is 2.42 bits per heavy atom. The Morgan fingerprint density at radius 1 is 1.42 bits per heavy atom. The summed E-state index contributed by atoms with van der Waals surface area (Å²) in [7, 11) is 0. The van der Waals surface area contributed by atoms with Crippen molar-refractivity contribution in [2.24, 2.45) is 0 Å². The zero-order valence-electron chi connectivity index (χ0n) is 12.2. The molecule has 0 aromatic carbocycles. The summed E-state index contributed by atoms with van der Waals surface area (Å²) >= 11 is 0. The second kappa shape index (κ2) is 6.06. The van der Waals surface area contributed by atoms with E-state index >= 15 is 0 Å². The van der Waals surface area contributed by atoms with Gasteiger partial charge in [-0.15, -0.1) is 0 Å². The number of amides is 1. The predicted octanol–water partition coefficient (Wildman–Crippen LogP) is 0.749. The van der Waals surface area contributed by atoms with Crippen molar-refractivity contribution in [1.29, 1.82) is 0 Å². The fourth-order valence-corrected chi connectivity index (χ4v) is 1.82. The third-order valence-electron chi connectivity index (χ3n) is 3.66. The molecule has 0 radical (unpaired) electrons. The number of aromatic nitrogens is 2. The molecule has 19 heavy (non-hydrogen) atoms. The van der Waals surface area contributed by atoms with Crippen LogP contribution < -0.4 is 11.1 Å². The highest BCUT2D eigenvalue weighted by molar-refractivity contribution is 5.76. The van der Waals surface area contributed by atoms with Crippen LogP contribution in [0, 0.1) is 13.8 Å². The smallest absolute Gasteiger partial charge is 0.241 e. The first-order chi connectivity index (χ1) is 8.83. The molecule has 0 spiro atoms. The van der Waals surface area contributed by atoms with Gasteiger partial charge in [0, 0.05) is 6.54 Å². The lowest BCUT2D eigenvalue weighted by Gasteiger charge is -2.25. The highest BCUT2D eigenvalue weighted by atomic mass is 16.3. The van der Waals surface area contributed by atoms with Crippen LogP contribution in [0.4, 0.5) is 5.69 Å². The minimum atomic E-state index is -0.830. The first kappa shape index (κ1) is 15.5. The zero-order chi connectivity index (χ0) is 14.6. The maximum Gasteiger partial charge on any atom is 0.241 e. The number of nitrogen functional groups attached to an aromatic ring is 1. The van der Waals surface area contributed by atoms with Gasteiger partial charge in [0.25, 0.3) is 0 Å². The maximum absolute atomic E-state index is 11.8. The molecule has 108 valence electrons. The van der Waals surface area contributed by atoms with Gasteiger partial charge in [-0.1, -0.05) is 13.8 Å². The van der Waals surface area contributed by atoms with Crippen molar-refractivity contribution >= 4 is 11.6 Å². The van der Waals surface area contributed by atoms with Crippen molar-refractivity contribution in [2.45, 2.75) is 52.7 Å². The second-order valence-electron chi connectivity index (χ2n) is 4.95. The Labute approximate surface area is 114 Å². The molecule has 6 heteroatoms. The van der Waals surface area contributed by atoms with Crippen LogP contribution in [0.15, 0.2) is 0 Å². The topological polar surface area (TPSA) is 93.2 Å². The quantitative estimate of drug-likeness (QED) is 0.709. The summed E-state index contributed by atoms with van der Waals surface area (Å²) in [6, 6.07) is 0. The Kier molecular flexibility index (Phi) is 4.94. The van der Waals surface area contributed by atoms with Crippen molar-refractivity contribution in [3.63, 3.8) is 0 Å². The molecule has 1 heterocycles. The lowest BCUT2D eigenvalue weighted by atomic mass is 9.98. The SMILES string of the molecule is CCC(O)(CC)CNC(=O)Cn1nc(C)c(N)c1C. The predicted molar refractivity (Wildman–Crippen MR) is 74.7 cm³/mol. The highest BCUT2D eigenvalue weighted by Gasteiger charge is 2.23. The number of aryl methyl sites for hydroxylation is 1. The van der Waals surface area contributed by atoms with Gasteiger partial charge >= 0.3 is 0 Å². The van der Waals surface area contributed by atoms with Crippen molar-refractivity contribution in [3.05, 3.63) is 11.4 Å². The normalized spacial score (nSPS) is 11.6. The molecule has 0 aliphatic carbocycles. The number of nitrogens with one attached hydrogen (secondary N) is 1. The number of anilines is 1. The molecule has 0 aliphatic heterocycles. The average Bonchev–Trinajstić information content (AvgIpc) is 2.63. The van der Waals surface area contributed by atoms with Gasteiger partial charge in [-0.2, -0.15) is 5.10 Å². The van der Waals surface area contributed by atoms with Gasteiger partial charge in [0.05, 0.1) is 22.7 Å². The zero-order valence-corrected chi connectivity index (χ0v) is 12.2. The molecule has 1 amide bonds. The lowest BCUT2D eigenvalue weighted by molar-refractivity contribution is -0.123. The molecular weight excluding hydrogens is 244 g/mol. The van der Waals surface area contributed by atoms with E-state index in [1.165, 1.54) is 0 Å². The third-order valence-corrected chi connectivity index (χ3v) is 3.66. The Hall–Kier alpha value is -1.56. The van der Waals surface area contributed by atoms with E-state index in [1.807, 2.05) is 27.7 Å². The van der Waals surface area contributed by atoms with Crippen molar-refractivity contribution in [3.8, 4) is 0 Å². The van der Waals surface area contributed by atoms with Gasteiger partial charge < -0.3 is 16.2 Å². The molecule has 0 saturated carbocycles. The number of rotatable bonds is 6. The van der Waals surface area contributed by atoms with Crippen LogP contribution >= 0.6 is 0 Å². The fourth-order valence-electron chi connectivity index (χ4n) is 1.82. The number of carbonyl (C=O) groups is 1. The van der Waals surface area contributed by atoms with Gasteiger partial charge in [-0.3, -0.25) is 9.48 Å². The van der Waals surface area contributed by atoms with Crippen molar-refractivity contribution < 1.29 is 9.90 Å². The fraction of sp³-hybridized carbons (Fsp3) is 0.692. The van der Waals surface area contributed by atoms with E-state index in [1.54, 1.807) is 4.68 Å². The number of aliphatic hydroxyl groups is 1. The minimum Gasteiger partial charge on any atom is -0.396 e. The summed E-state index contributed by atoms with van der Waals surface area (Å²) in [5.74, 6) is -0.175. The molecule has 0 unspecified atom stereocenters. The Bertz CT molecular complexity index is 450. The van der Waals surface area contributed by atoms with E-state index in [0.29, 0.717) is 18.5 Å². The molecule has 1 rings (SSSR count). The third kappa shape index (κ3) is 3.70. The summed E-state index contributed by atoms with van der Waals surface area (Å²) in [4.78, 5) is 11.8. The Balaban J connectivity index is 2.59. The standard InChI is InChI=1S/C13H24N4O2/c1-5-13(19,6-2)8-15-11(18)7-17-10(4)12(14)9(3)16-17/h19H,5-8,14H2,1-4H3,(H,15,18). The summed E-state index contributed by atoms with van der Waals surface area (Å²) in [5.41, 5.74) is 7.11. The van der Waals surface area contributed by atoms with Crippen LogP contribution in [0.2, 0.25) is 0 Å². The van der Waals surface area contributed by atoms with Crippen LogP contribution in [0.5, 0.6) is 0 Å². The van der Waals surface area contributed by atoms with Gasteiger partial charge in [0.15, 0.2) is 0 Å². The van der Waals surface area contributed by atoms with Gasteiger partial charge in [0.1, 0.15) is 6.54 Å². The van der Waals surface area contributed by atoms with Crippen LogP contribution in [0.3, 0.4) is 0 Å². The summed E-state index contributed by atoms with van der Waals surface area (Å²) in [5, 5.41) is 17.0. The van der Waals surface area contributed by atoms with Crippen molar-refractivity contribution in [1.82, 2.24) is 15.1 Å². The van der Waals surface area contributed by atoms with E-state index < -0.39 is 5.60 Å². The van der Waals surface area contributed by atoms with Crippen LogP contribution in [0.1, 0.15) is 38.1 Å².